The minimum atomic E-state index is -4.98. The van der Waals surface area contributed by atoms with Gasteiger partial charge in [0.2, 0.25) is 16.9 Å². The molecule has 0 saturated heterocycles. The Morgan fingerprint density at radius 2 is 1.76 bits per heavy atom. The molecule has 124 valence electrons. The number of hydrogen-bond donors (Lipinski definition) is 6. The molecular weight excluding hydrogens is 322 g/mol. The summed E-state index contributed by atoms with van der Waals surface area (Å²) in [5.41, 5.74) is 0. The molecular formula is C10H22N2O7P2. The monoisotopic (exact) mass is 344 g/mol. The van der Waals surface area contributed by atoms with Gasteiger partial charge >= 0.3 is 7.60 Å². The Bertz CT molecular complexity index is 460. The number of hydrogen-bond acceptors (Lipinski definition) is 5. The molecule has 6 N–H and O–H groups in total. The summed E-state index contributed by atoms with van der Waals surface area (Å²) in [7, 11) is -8.45. The van der Waals surface area contributed by atoms with Crippen molar-refractivity contribution >= 4 is 32.8 Å². The van der Waals surface area contributed by atoms with Gasteiger partial charge < -0.3 is 30.4 Å². The molecule has 21 heavy (non-hydrogen) atoms. The highest BCUT2D eigenvalue weighted by Crippen LogP contribution is 2.69. The summed E-state index contributed by atoms with van der Waals surface area (Å²) in [6.07, 6.45) is 2.87. The van der Waals surface area contributed by atoms with Gasteiger partial charge in [0, 0.05) is 20.6 Å². The number of rotatable bonds is 8. The average Bonchev–Trinajstić information content (AvgIpc) is 2.28. The Morgan fingerprint density at radius 1 is 1.24 bits per heavy atom. The van der Waals surface area contributed by atoms with Gasteiger partial charge in [-0.15, -0.1) is 0 Å². The van der Waals surface area contributed by atoms with Crippen LogP contribution in [0.3, 0.4) is 0 Å². The van der Waals surface area contributed by atoms with Crippen molar-refractivity contribution in [3.05, 3.63) is 0 Å². The second kappa shape index (κ2) is 7.54. The molecule has 0 aliphatic carbocycles. The summed E-state index contributed by atoms with van der Waals surface area (Å²) in [4.78, 5) is 50.0. The Morgan fingerprint density at radius 3 is 2.14 bits per heavy atom. The number of carbonyl (C=O) groups is 2. The van der Waals surface area contributed by atoms with Gasteiger partial charge in [-0.05, 0) is 19.5 Å². The summed E-state index contributed by atoms with van der Waals surface area (Å²) in [5.74, 6) is -0.833. The van der Waals surface area contributed by atoms with E-state index in [9.17, 15) is 33.9 Å². The highest BCUT2D eigenvalue weighted by Gasteiger charge is 2.51. The first-order chi connectivity index (χ1) is 9.31. The van der Waals surface area contributed by atoms with Gasteiger partial charge in [-0.3, -0.25) is 14.2 Å². The highest BCUT2D eigenvalue weighted by atomic mass is 31.2. The Hall–Kier alpha value is -0.690. The van der Waals surface area contributed by atoms with E-state index < -0.39 is 32.1 Å². The van der Waals surface area contributed by atoms with E-state index in [1.165, 1.54) is 6.92 Å². The predicted octanol–water partition coefficient (Wildman–Crippen LogP) is -1.17. The molecule has 9 nitrogen and oxygen atoms in total. The van der Waals surface area contributed by atoms with Crippen LogP contribution in [0.15, 0.2) is 0 Å². The largest absolute Gasteiger partial charge is 0.373 e. The van der Waals surface area contributed by atoms with E-state index in [1.807, 2.05) is 0 Å². The first-order valence-electron chi connectivity index (χ1n) is 6.04. The van der Waals surface area contributed by atoms with Gasteiger partial charge in [0.25, 0.3) is 0 Å². The van der Waals surface area contributed by atoms with E-state index in [2.05, 4.69) is 16.9 Å². The van der Waals surface area contributed by atoms with E-state index in [0.29, 0.717) is 0 Å². The van der Waals surface area contributed by atoms with E-state index in [0.717, 1.165) is 6.66 Å². The van der Waals surface area contributed by atoms with Crippen molar-refractivity contribution < 1.29 is 33.9 Å². The number of carbonyl (C=O) groups excluding carboxylic acids is 2. The van der Waals surface area contributed by atoms with E-state index in [-0.39, 0.29) is 25.4 Å². The molecule has 0 aromatic heterocycles. The van der Waals surface area contributed by atoms with Crippen molar-refractivity contribution in [1.29, 1.82) is 0 Å². The third kappa shape index (κ3) is 6.30. The van der Waals surface area contributed by atoms with Crippen LogP contribution in [0.5, 0.6) is 0 Å². The maximum absolute atomic E-state index is 11.3. The summed E-state index contributed by atoms with van der Waals surface area (Å²) in [6, 6.07) is 0. The molecule has 0 aliphatic heterocycles. The molecule has 0 radical (unpaired) electrons. The Kier molecular flexibility index (Phi) is 7.29. The van der Waals surface area contributed by atoms with Crippen LogP contribution >= 0.6 is 14.7 Å². The van der Waals surface area contributed by atoms with E-state index >= 15 is 0 Å². The fourth-order valence-corrected chi connectivity index (χ4v) is 4.82. The van der Waals surface area contributed by atoms with Crippen molar-refractivity contribution in [2.45, 2.75) is 24.8 Å². The quantitative estimate of drug-likeness (QED) is 0.239. The van der Waals surface area contributed by atoms with Gasteiger partial charge in [0.1, 0.15) is 0 Å². The van der Waals surface area contributed by atoms with Crippen molar-refractivity contribution in [2.75, 3.05) is 19.8 Å². The summed E-state index contributed by atoms with van der Waals surface area (Å²) >= 11 is 0. The summed E-state index contributed by atoms with van der Waals surface area (Å²) < 4.78 is 11.3. The number of amides is 2. The first kappa shape index (κ1) is 20.3. The van der Waals surface area contributed by atoms with E-state index in [1.54, 1.807) is 0 Å². The molecule has 0 aliphatic rings. The minimum Gasteiger partial charge on any atom is -0.373 e. The van der Waals surface area contributed by atoms with E-state index in [4.69, 9.17) is 0 Å². The molecule has 0 heterocycles. The average molecular weight is 344 g/mol. The number of nitrogens with one attached hydrogen (secondary N) is 2. The van der Waals surface area contributed by atoms with Crippen molar-refractivity contribution in [2.24, 2.45) is 0 Å². The molecule has 0 saturated carbocycles. The maximum atomic E-state index is 11.3. The lowest BCUT2D eigenvalue weighted by molar-refractivity contribution is -0.125. The SMILES string of the molecule is C=P(C)(O)C(O)(CCCNC(=O)CNC(C)=O)P(=O)(O)O. The van der Waals surface area contributed by atoms with Crippen LogP contribution in [-0.4, -0.2) is 62.7 Å². The zero-order valence-electron chi connectivity index (χ0n) is 11.9. The lowest BCUT2D eigenvalue weighted by Crippen LogP contribution is -2.37. The molecule has 0 bridgehead atoms. The van der Waals surface area contributed by atoms with Gasteiger partial charge in [0.05, 0.1) is 6.54 Å². The topological polar surface area (TPSA) is 156 Å². The second-order valence-corrected chi connectivity index (χ2v) is 10.0. The van der Waals surface area contributed by atoms with Crippen LogP contribution in [0.4, 0.5) is 0 Å². The van der Waals surface area contributed by atoms with Gasteiger partial charge in [0.15, 0.2) is 0 Å². The van der Waals surface area contributed by atoms with Gasteiger partial charge in [-0.1, -0.05) is 6.30 Å². The smallest absolute Gasteiger partial charge is 0.363 e. The second-order valence-electron chi connectivity index (χ2n) is 4.82. The normalized spacial score (nSPS) is 17.4. The fourth-order valence-electron chi connectivity index (χ4n) is 1.49. The van der Waals surface area contributed by atoms with Crippen LogP contribution in [0.2, 0.25) is 0 Å². The van der Waals surface area contributed by atoms with Crippen molar-refractivity contribution in [3.8, 4) is 0 Å². The molecule has 11 heteroatoms. The lowest BCUT2D eigenvalue weighted by atomic mass is 10.3. The van der Waals surface area contributed by atoms with Crippen LogP contribution in [0, 0.1) is 0 Å². The number of aliphatic hydroxyl groups is 1. The molecule has 0 aromatic carbocycles. The summed E-state index contributed by atoms with van der Waals surface area (Å²) in [5, 5.41) is 12.1. The molecule has 0 spiro atoms. The zero-order valence-corrected chi connectivity index (χ0v) is 13.7. The van der Waals surface area contributed by atoms with Crippen molar-refractivity contribution in [3.63, 3.8) is 0 Å². The molecule has 2 atom stereocenters. The Balaban J connectivity index is 4.43. The maximum Gasteiger partial charge on any atom is 0.363 e. The third-order valence-corrected chi connectivity index (χ3v) is 7.74. The summed E-state index contributed by atoms with van der Waals surface area (Å²) in [6.45, 7) is 2.17. The van der Waals surface area contributed by atoms with Crippen LogP contribution in [0.1, 0.15) is 19.8 Å². The molecule has 0 rings (SSSR count). The lowest BCUT2D eigenvalue weighted by Gasteiger charge is -2.35. The minimum absolute atomic E-state index is 0.0269. The Labute approximate surface area is 123 Å². The fraction of sp³-hybridized carbons (Fsp3) is 0.700. The zero-order chi connectivity index (χ0) is 16.9. The molecule has 2 unspecified atom stereocenters. The van der Waals surface area contributed by atoms with Gasteiger partial charge in [-0.2, -0.15) is 0 Å². The molecule has 2 amide bonds. The van der Waals surface area contributed by atoms with Crippen LogP contribution in [0.25, 0.3) is 0 Å². The van der Waals surface area contributed by atoms with Crippen LogP contribution in [-0.2, 0) is 14.2 Å². The first-order valence-corrected chi connectivity index (χ1v) is 10.0. The molecule has 0 aromatic rings. The highest BCUT2D eigenvalue weighted by molar-refractivity contribution is 7.80. The third-order valence-electron chi connectivity index (χ3n) is 2.75. The standard InChI is InChI=1S/C10H22N2O7P2/c1-8(13)12-7-9(14)11-6-4-5-10(15,20(2,3)16)21(17,18)19/h15-16H,2,4-7H2,1,3H3,(H,11,14)(H,12,13)(H2,17,18,19). The van der Waals surface area contributed by atoms with Crippen molar-refractivity contribution in [1.82, 2.24) is 10.6 Å². The van der Waals surface area contributed by atoms with Crippen LogP contribution < -0.4 is 10.6 Å². The van der Waals surface area contributed by atoms with Gasteiger partial charge in [-0.25, -0.2) is 0 Å². The predicted molar refractivity (Wildman–Crippen MR) is 80.1 cm³/mol. The molecule has 0 fully saturated rings.